The molecule has 4 heteroatoms. The van der Waals surface area contributed by atoms with Crippen LogP contribution in [0.15, 0.2) is 0 Å². The molecule has 0 aliphatic carbocycles. The van der Waals surface area contributed by atoms with Gasteiger partial charge in [0, 0.05) is 44.7 Å². The predicted molar refractivity (Wildman–Crippen MR) is 72.7 cm³/mol. The molecule has 0 saturated carbocycles. The molecule has 4 nitrogen and oxygen atoms in total. The summed E-state index contributed by atoms with van der Waals surface area (Å²) in [6.45, 7) is 11.0. The Morgan fingerprint density at radius 1 is 1.17 bits per heavy atom. The van der Waals surface area contributed by atoms with Crippen molar-refractivity contribution in [1.29, 1.82) is 0 Å². The van der Waals surface area contributed by atoms with E-state index in [0.29, 0.717) is 0 Å². The lowest BCUT2D eigenvalue weighted by atomic mass is 9.82. The monoisotopic (exact) mass is 256 g/mol. The molecule has 2 heterocycles. The third-order valence-corrected chi connectivity index (χ3v) is 4.30. The molecular weight excluding hydrogens is 228 g/mol. The Bertz CT molecular complexity index is 234. The van der Waals surface area contributed by atoms with Gasteiger partial charge < -0.3 is 19.6 Å². The molecule has 1 atom stereocenters. The van der Waals surface area contributed by atoms with Gasteiger partial charge in [0.1, 0.15) is 0 Å². The van der Waals surface area contributed by atoms with Crippen LogP contribution in [0.4, 0.5) is 0 Å². The molecule has 2 aliphatic rings. The highest BCUT2D eigenvalue weighted by Gasteiger charge is 2.34. The molecule has 18 heavy (non-hydrogen) atoms. The number of piperazine rings is 1. The Morgan fingerprint density at radius 2 is 1.89 bits per heavy atom. The molecule has 0 aromatic carbocycles. The smallest absolute Gasteiger partial charge is 0.0556 e. The second-order valence-corrected chi connectivity index (χ2v) is 5.93. The van der Waals surface area contributed by atoms with Crippen molar-refractivity contribution in [3.63, 3.8) is 0 Å². The summed E-state index contributed by atoms with van der Waals surface area (Å²) < 4.78 is 5.58. The first-order chi connectivity index (χ1) is 8.78. The van der Waals surface area contributed by atoms with Crippen molar-refractivity contribution in [1.82, 2.24) is 9.80 Å². The van der Waals surface area contributed by atoms with Gasteiger partial charge in [0.15, 0.2) is 0 Å². The van der Waals surface area contributed by atoms with Crippen LogP contribution in [0.1, 0.15) is 26.2 Å². The van der Waals surface area contributed by atoms with Gasteiger partial charge in [-0.25, -0.2) is 0 Å². The fourth-order valence-corrected chi connectivity index (χ4v) is 3.17. The van der Waals surface area contributed by atoms with Crippen LogP contribution in [0.25, 0.3) is 0 Å². The number of hydrogen-bond acceptors (Lipinski definition) is 4. The highest BCUT2D eigenvalue weighted by atomic mass is 16.5. The average molecular weight is 256 g/mol. The van der Waals surface area contributed by atoms with Crippen LogP contribution in [0.3, 0.4) is 0 Å². The van der Waals surface area contributed by atoms with Crippen molar-refractivity contribution >= 4 is 0 Å². The maximum atomic E-state index is 9.69. The molecule has 0 amide bonds. The molecule has 0 aromatic rings. The molecule has 106 valence electrons. The average Bonchev–Trinajstić information content (AvgIpc) is 2.42. The topological polar surface area (TPSA) is 35.9 Å². The summed E-state index contributed by atoms with van der Waals surface area (Å²) in [6, 6.07) is 0. The Labute approximate surface area is 111 Å². The molecule has 2 aliphatic heterocycles. The molecule has 1 unspecified atom stereocenters. The number of rotatable bonds is 5. The van der Waals surface area contributed by atoms with Crippen LogP contribution in [-0.2, 0) is 4.74 Å². The van der Waals surface area contributed by atoms with E-state index in [9.17, 15) is 5.11 Å². The minimum atomic E-state index is 0.00514. The van der Waals surface area contributed by atoms with Gasteiger partial charge in [-0.3, -0.25) is 0 Å². The lowest BCUT2D eigenvalue weighted by molar-refractivity contribution is -0.0603. The highest BCUT2D eigenvalue weighted by molar-refractivity contribution is 4.86. The second-order valence-electron chi connectivity index (χ2n) is 5.93. The predicted octanol–water partition coefficient (Wildman–Crippen LogP) is 0.803. The molecule has 2 fully saturated rings. The summed E-state index contributed by atoms with van der Waals surface area (Å²) in [6.07, 6.45) is 3.45. The summed E-state index contributed by atoms with van der Waals surface area (Å²) in [4.78, 5) is 5.05. The fraction of sp³-hybridized carbons (Fsp3) is 1.00. The zero-order chi connectivity index (χ0) is 12.8. The molecule has 0 bridgehead atoms. The van der Waals surface area contributed by atoms with E-state index in [1.54, 1.807) is 0 Å². The third-order valence-electron chi connectivity index (χ3n) is 4.30. The minimum absolute atomic E-state index is 0.00514. The first-order valence-corrected chi connectivity index (χ1v) is 7.41. The number of aliphatic hydroxyl groups is 1. The standard InChI is InChI=1S/C14H28N2O2/c1-2-5-15-6-8-16(9-7-15)11-14(12-17)4-3-10-18-13-14/h17H,2-13H2,1H3. The zero-order valence-electron chi connectivity index (χ0n) is 11.7. The summed E-state index contributed by atoms with van der Waals surface area (Å²) in [5.74, 6) is 0. The van der Waals surface area contributed by atoms with Gasteiger partial charge in [-0.1, -0.05) is 6.92 Å². The number of aliphatic hydroxyl groups excluding tert-OH is 1. The van der Waals surface area contributed by atoms with E-state index < -0.39 is 0 Å². The highest BCUT2D eigenvalue weighted by Crippen LogP contribution is 2.29. The molecule has 1 N–H and O–H groups in total. The molecular formula is C14H28N2O2. The van der Waals surface area contributed by atoms with Gasteiger partial charge in [-0.2, -0.15) is 0 Å². The third kappa shape index (κ3) is 3.67. The first kappa shape index (κ1) is 14.3. The normalized spacial score (nSPS) is 31.7. The maximum Gasteiger partial charge on any atom is 0.0556 e. The van der Waals surface area contributed by atoms with Crippen LogP contribution in [0.5, 0.6) is 0 Å². The van der Waals surface area contributed by atoms with Crippen molar-refractivity contribution in [3.05, 3.63) is 0 Å². The van der Waals surface area contributed by atoms with Crippen molar-refractivity contribution in [2.75, 3.05) is 59.1 Å². The van der Waals surface area contributed by atoms with Gasteiger partial charge in [-0.15, -0.1) is 0 Å². The Kier molecular flexibility index (Phi) is 5.42. The van der Waals surface area contributed by atoms with E-state index >= 15 is 0 Å². The van der Waals surface area contributed by atoms with E-state index in [1.807, 2.05) is 0 Å². The maximum absolute atomic E-state index is 9.69. The van der Waals surface area contributed by atoms with E-state index in [2.05, 4.69) is 16.7 Å². The van der Waals surface area contributed by atoms with Crippen LogP contribution in [0.2, 0.25) is 0 Å². The van der Waals surface area contributed by atoms with Gasteiger partial charge in [0.25, 0.3) is 0 Å². The van der Waals surface area contributed by atoms with Crippen molar-refractivity contribution in [2.24, 2.45) is 5.41 Å². The Hall–Kier alpha value is -0.160. The Morgan fingerprint density at radius 3 is 2.44 bits per heavy atom. The molecule has 0 radical (unpaired) electrons. The summed E-state index contributed by atoms with van der Waals surface area (Å²) >= 11 is 0. The van der Waals surface area contributed by atoms with Gasteiger partial charge in [-0.05, 0) is 25.8 Å². The largest absolute Gasteiger partial charge is 0.396 e. The van der Waals surface area contributed by atoms with Crippen LogP contribution in [-0.4, -0.2) is 74.0 Å². The van der Waals surface area contributed by atoms with Gasteiger partial charge in [0.05, 0.1) is 13.2 Å². The summed E-state index contributed by atoms with van der Waals surface area (Å²) in [5.41, 5.74) is 0.00514. The summed E-state index contributed by atoms with van der Waals surface area (Å²) in [5, 5.41) is 9.69. The van der Waals surface area contributed by atoms with Crippen LogP contribution in [0, 0.1) is 5.41 Å². The molecule has 2 saturated heterocycles. The molecule has 2 rings (SSSR count). The quantitative estimate of drug-likeness (QED) is 0.789. The van der Waals surface area contributed by atoms with E-state index in [1.165, 1.54) is 26.1 Å². The van der Waals surface area contributed by atoms with E-state index in [4.69, 9.17) is 4.74 Å². The van der Waals surface area contributed by atoms with Crippen LogP contribution < -0.4 is 0 Å². The molecule has 0 spiro atoms. The van der Waals surface area contributed by atoms with Gasteiger partial charge >= 0.3 is 0 Å². The minimum Gasteiger partial charge on any atom is -0.396 e. The van der Waals surface area contributed by atoms with E-state index in [-0.39, 0.29) is 12.0 Å². The summed E-state index contributed by atoms with van der Waals surface area (Å²) in [7, 11) is 0. The van der Waals surface area contributed by atoms with E-state index in [0.717, 1.165) is 45.7 Å². The Balaban J connectivity index is 1.79. The van der Waals surface area contributed by atoms with Crippen molar-refractivity contribution < 1.29 is 9.84 Å². The second kappa shape index (κ2) is 6.85. The SMILES string of the molecule is CCCN1CCN(CC2(CO)CCCOC2)CC1. The number of hydrogen-bond donors (Lipinski definition) is 1. The lowest BCUT2D eigenvalue weighted by Crippen LogP contribution is -2.52. The fourth-order valence-electron chi connectivity index (χ4n) is 3.17. The van der Waals surface area contributed by atoms with Crippen molar-refractivity contribution in [3.8, 4) is 0 Å². The van der Waals surface area contributed by atoms with Gasteiger partial charge in [0.2, 0.25) is 0 Å². The van der Waals surface area contributed by atoms with Crippen molar-refractivity contribution in [2.45, 2.75) is 26.2 Å². The van der Waals surface area contributed by atoms with Crippen LogP contribution >= 0.6 is 0 Å². The number of nitrogens with zero attached hydrogens (tertiary/aromatic N) is 2. The number of ether oxygens (including phenoxy) is 1. The lowest BCUT2D eigenvalue weighted by Gasteiger charge is -2.42. The molecule has 0 aromatic heterocycles. The zero-order valence-corrected chi connectivity index (χ0v) is 11.7. The first-order valence-electron chi connectivity index (χ1n) is 7.41.